The minimum atomic E-state index is -0.458. The lowest BCUT2D eigenvalue weighted by molar-refractivity contribution is -0.132. The van der Waals surface area contributed by atoms with Gasteiger partial charge < -0.3 is 14.4 Å². The Morgan fingerprint density at radius 2 is 1.54 bits per heavy atom. The van der Waals surface area contributed by atoms with Gasteiger partial charge in [-0.3, -0.25) is 0 Å². The monoisotopic (exact) mass is 719 g/mol. The Hall–Kier alpha value is -5.45. The third kappa shape index (κ3) is 9.75. The molecule has 0 aromatic heterocycles. The number of benzene rings is 3. The summed E-state index contributed by atoms with van der Waals surface area (Å²) in [5, 5.41) is 0. The lowest BCUT2D eigenvalue weighted by Gasteiger charge is -2.38. The predicted molar refractivity (Wildman–Crippen MR) is 228 cm³/mol. The molecule has 0 aliphatic carbocycles. The molecule has 0 N–H and O–H groups in total. The summed E-state index contributed by atoms with van der Waals surface area (Å²) < 4.78 is 12.3. The highest BCUT2D eigenvalue weighted by Gasteiger charge is 2.37. The van der Waals surface area contributed by atoms with Crippen molar-refractivity contribution in [1.29, 1.82) is 0 Å². The lowest BCUT2D eigenvalue weighted by Crippen LogP contribution is -2.32. The standard InChI is InChI=1S/C50H57NO3/c1-9-23-40(48-47(39(8)54-49(48)52)45(14-6)46-30-22-21-25-38(46)7)37-51(34-11-3)35-32-44(53-36-12-4)31-33-50(41(13-5)24-10-2,42-26-17-15-18-27-42)43-28-19-16-20-29-43/h9-11,13-22,24-30,37,44H,1-3,5,8,12,23,31-36H2,4,6-7H3/b40-37+,41-24+,45-14+. The van der Waals surface area contributed by atoms with Crippen molar-refractivity contribution in [2.24, 2.45) is 0 Å². The average Bonchev–Trinajstić information content (AvgIpc) is 3.49. The van der Waals surface area contributed by atoms with Crippen LogP contribution in [0.3, 0.4) is 0 Å². The van der Waals surface area contributed by atoms with Gasteiger partial charge >= 0.3 is 5.97 Å². The second-order valence-electron chi connectivity index (χ2n) is 13.5. The molecule has 0 amide bonds. The first-order valence-corrected chi connectivity index (χ1v) is 19.0. The zero-order chi connectivity index (χ0) is 38.9. The van der Waals surface area contributed by atoms with Crippen molar-refractivity contribution in [3.05, 3.63) is 211 Å². The van der Waals surface area contributed by atoms with Gasteiger partial charge in [0.25, 0.3) is 0 Å². The molecule has 1 heterocycles. The molecule has 3 aromatic rings. The number of allylic oxidation sites excluding steroid dienone is 7. The number of aryl methyl sites for hydroxylation is 1. The van der Waals surface area contributed by atoms with Gasteiger partial charge in [-0.15, -0.1) is 13.2 Å². The number of ether oxygens (including phenoxy) is 2. The van der Waals surface area contributed by atoms with Crippen LogP contribution in [-0.4, -0.2) is 36.7 Å². The minimum Gasteiger partial charge on any atom is -0.423 e. The number of hydrogen-bond acceptors (Lipinski definition) is 4. The summed E-state index contributed by atoms with van der Waals surface area (Å²) in [4.78, 5) is 15.8. The molecule has 0 saturated heterocycles. The molecule has 0 fully saturated rings. The molecule has 4 heteroatoms. The van der Waals surface area contributed by atoms with Crippen molar-refractivity contribution in [2.75, 3.05) is 19.7 Å². The molecule has 4 rings (SSSR count). The van der Waals surface area contributed by atoms with E-state index >= 15 is 0 Å². The molecule has 54 heavy (non-hydrogen) atoms. The van der Waals surface area contributed by atoms with Crippen LogP contribution in [0.5, 0.6) is 0 Å². The number of carbonyl (C=O) groups excluding carboxylic acids is 1. The topological polar surface area (TPSA) is 38.8 Å². The fourth-order valence-corrected chi connectivity index (χ4v) is 7.48. The number of rotatable bonds is 22. The van der Waals surface area contributed by atoms with E-state index in [9.17, 15) is 4.79 Å². The number of esters is 1. The van der Waals surface area contributed by atoms with Crippen molar-refractivity contribution < 1.29 is 14.3 Å². The van der Waals surface area contributed by atoms with E-state index in [2.05, 4.69) is 137 Å². The Labute approximate surface area is 324 Å². The van der Waals surface area contributed by atoms with Crippen LogP contribution in [-0.2, 0) is 19.7 Å². The van der Waals surface area contributed by atoms with Gasteiger partial charge in [-0.05, 0) is 84.9 Å². The van der Waals surface area contributed by atoms with Crippen molar-refractivity contribution in [2.45, 2.75) is 64.4 Å². The smallest absolute Gasteiger partial charge is 0.344 e. The second kappa shape index (κ2) is 20.7. The summed E-state index contributed by atoms with van der Waals surface area (Å²) in [7, 11) is 0. The van der Waals surface area contributed by atoms with E-state index in [4.69, 9.17) is 9.47 Å². The Morgan fingerprint density at radius 1 is 0.889 bits per heavy atom. The Balaban J connectivity index is 1.72. The van der Waals surface area contributed by atoms with Gasteiger partial charge in [-0.2, -0.15) is 0 Å². The largest absolute Gasteiger partial charge is 0.423 e. The van der Waals surface area contributed by atoms with Crippen LogP contribution in [0.15, 0.2) is 189 Å². The zero-order valence-electron chi connectivity index (χ0n) is 32.6. The van der Waals surface area contributed by atoms with Gasteiger partial charge in [0.15, 0.2) is 0 Å². The first kappa shape index (κ1) is 41.3. The fourth-order valence-electron chi connectivity index (χ4n) is 7.48. The Bertz CT molecular complexity index is 1870. The van der Waals surface area contributed by atoms with Crippen LogP contribution < -0.4 is 0 Å². The van der Waals surface area contributed by atoms with E-state index in [1.165, 1.54) is 11.1 Å². The van der Waals surface area contributed by atoms with E-state index < -0.39 is 11.4 Å². The van der Waals surface area contributed by atoms with E-state index in [0.29, 0.717) is 37.4 Å². The molecule has 0 spiro atoms. The van der Waals surface area contributed by atoms with Gasteiger partial charge in [0.1, 0.15) is 5.76 Å². The van der Waals surface area contributed by atoms with Crippen molar-refractivity contribution in [1.82, 2.24) is 4.90 Å². The highest BCUT2D eigenvalue weighted by Crippen LogP contribution is 2.45. The first-order valence-electron chi connectivity index (χ1n) is 19.0. The third-order valence-electron chi connectivity index (χ3n) is 10.0. The summed E-state index contributed by atoms with van der Waals surface area (Å²) in [6.07, 6.45) is 17.5. The molecule has 1 aliphatic rings. The van der Waals surface area contributed by atoms with Crippen LogP contribution in [0.2, 0.25) is 0 Å². The minimum absolute atomic E-state index is 0.0307. The van der Waals surface area contributed by atoms with Crippen LogP contribution in [0.25, 0.3) is 5.57 Å². The van der Waals surface area contributed by atoms with Crippen molar-refractivity contribution >= 4 is 11.5 Å². The van der Waals surface area contributed by atoms with Gasteiger partial charge in [0, 0.05) is 36.9 Å². The van der Waals surface area contributed by atoms with Crippen molar-refractivity contribution in [3.63, 3.8) is 0 Å². The van der Waals surface area contributed by atoms with E-state index in [-0.39, 0.29) is 6.10 Å². The van der Waals surface area contributed by atoms with Gasteiger partial charge in [0.2, 0.25) is 0 Å². The summed E-state index contributed by atoms with van der Waals surface area (Å²) in [5.74, 6) is -0.0446. The number of carbonyl (C=O) groups is 1. The first-order chi connectivity index (χ1) is 26.3. The Kier molecular flexibility index (Phi) is 15.8. The normalized spacial score (nSPS) is 14.5. The molecule has 1 atom stereocenters. The number of hydrogen-bond donors (Lipinski definition) is 0. The molecule has 0 saturated carbocycles. The molecular weight excluding hydrogens is 663 g/mol. The second-order valence-corrected chi connectivity index (χ2v) is 13.5. The molecule has 4 nitrogen and oxygen atoms in total. The van der Waals surface area contributed by atoms with Crippen molar-refractivity contribution in [3.8, 4) is 0 Å². The van der Waals surface area contributed by atoms with E-state index in [1.807, 2.05) is 49.4 Å². The third-order valence-corrected chi connectivity index (χ3v) is 10.0. The highest BCUT2D eigenvalue weighted by molar-refractivity contribution is 6.05. The maximum absolute atomic E-state index is 13.6. The van der Waals surface area contributed by atoms with E-state index in [0.717, 1.165) is 59.1 Å². The maximum Gasteiger partial charge on any atom is 0.344 e. The fraction of sp³-hybridized carbons (Fsp3) is 0.260. The molecule has 0 bridgehead atoms. The molecule has 1 aliphatic heterocycles. The molecule has 1 unspecified atom stereocenters. The van der Waals surface area contributed by atoms with Gasteiger partial charge in [-0.1, -0.05) is 148 Å². The molecule has 3 aromatic carbocycles. The highest BCUT2D eigenvalue weighted by atomic mass is 16.5. The summed E-state index contributed by atoms with van der Waals surface area (Å²) in [5.41, 5.74) is 8.15. The van der Waals surface area contributed by atoms with Crippen LogP contribution in [0, 0.1) is 6.92 Å². The SMILES string of the molecule is C=C/C=C(\C=C)C(CCC(CCN(/C=C(\CC=C)C1=C(/C(=C/C)c2ccccc2C)C(=C)OC1=O)CC=C)OCCC)(c1ccccc1)c1ccccc1. The van der Waals surface area contributed by atoms with E-state index in [1.54, 1.807) is 0 Å². The van der Waals surface area contributed by atoms with Crippen LogP contribution in [0.4, 0.5) is 0 Å². The Morgan fingerprint density at radius 3 is 2.09 bits per heavy atom. The van der Waals surface area contributed by atoms with Gasteiger partial charge in [-0.25, -0.2) is 4.79 Å². The lowest BCUT2D eigenvalue weighted by atomic mass is 9.65. The van der Waals surface area contributed by atoms with Crippen LogP contribution >= 0.6 is 0 Å². The molecule has 280 valence electrons. The molecular formula is C50H57NO3. The van der Waals surface area contributed by atoms with Gasteiger partial charge in [0.05, 0.1) is 11.7 Å². The quantitative estimate of drug-likeness (QED) is 0.0589. The molecule has 0 radical (unpaired) electrons. The maximum atomic E-state index is 13.6. The summed E-state index contributed by atoms with van der Waals surface area (Å²) in [6, 6.07) is 29.5. The number of cyclic esters (lactones) is 1. The summed E-state index contributed by atoms with van der Waals surface area (Å²) in [6.45, 7) is 28.7. The average molecular weight is 720 g/mol. The summed E-state index contributed by atoms with van der Waals surface area (Å²) >= 11 is 0. The predicted octanol–water partition coefficient (Wildman–Crippen LogP) is 12.0. The number of nitrogens with zero attached hydrogens (tertiary/aromatic N) is 1. The zero-order valence-corrected chi connectivity index (χ0v) is 32.6. The van der Waals surface area contributed by atoms with Crippen LogP contribution in [0.1, 0.15) is 68.2 Å².